The predicted molar refractivity (Wildman–Crippen MR) is 90.6 cm³/mol. The summed E-state index contributed by atoms with van der Waals surface area (Å²) >= 11 is 0. The van der Waals surface area contributed by atoms with Crippen molar-refractivity contribution in [1.29, 1.82) is 0 Å². The fourth-order valence-electron chi connectivity index (χ4n) is 3.50. The Balaban J connectivity index is 1.51. The molecule has 2 fully saturated rings. The molecule has 3 heterocycles. The third-order valence-electron chi connectivity index (χ3n) is 5.03. The van der Waals surface area contributed by atoms with Gasteiger partial charge >= 0.3 is 6.03 Å². The minimum atomic E-state index is 0.115. The van der Waals surface area contributed by atoms with Crippen LogP contribution in [0.5, 0.6) is 0 Å². The zero-order valence-corrected chi connectivity index (χ0v) is 14.2. The summed E-state index contributed by atoms with van der Waals surface area (Å²) < 4.78 is 0. The summed E-state index contributed by atoms with van der Waals surface area (Å²) in [7, 11) is 0. The van der Waals surface area contributed by atoms with Crippen molar-refractivity contribution in [2.24, 2.45) is 0 Å². The highest BCUT2D eigenvalue weighted by Gasteiger charge is 2.28. The van der Waals surface area contributed by atoms with Crippen molar-refractivity contribution >= 4 is 11.8 Å². The van der Waals surface area contributed by atoms with E-state index in [0.29, 0.717) is 6.04 Å². The molecule has 126 valence electrons. The molecule has 6 nitrogen and oxygen atoms in total. The lowest BCUT2D eigenvalue weighted by molar-refractivity contribution is 0.189. The van der Waals surface area contributed by atoms with Crippen LogP contribution in [-0.2, 0) is 6.42 Å². The minimum absolute atomic E-state index is 0.115. The van der Waals surface area contributed by atoms with Gasteiger partial charge in [0.05, 0.1) is 0 Å². The maximum atomic E-state index is 12.3. The first-order valence-corrected chi connectivity index (χ1v) is 8.80. The molecule has 2 amide bonds. The number of nitrogens with one attached hydrogen (secondary N) is 1. The van der Waals surface area contributed by atoms with Crippen LogP contribution in [0.15, 0.2) is 12.4 Å². The molecule has 0 aliphatic carbocycles. The molecule has 1 atom stereocenters. The van der Waals surface area contributed by atoms with Gasteiger partial charge in [-0.25, -0.2) is 14.8 Å². The first kappa shape index (κ1) is 16.0. The van der Waals surface area contributed by atoms with Crippen LogP contribution >= 0.6 is 0 Å². The molecular weight excluding hydrogens is 290 g/mol. The monoisotopic (exact) mass is 317 g/mol. The van der Waals surface area contributed by atoms with Crippen molar-refractivity contribution < 1.29 is 4.79 Å². The number of amides is 2. The van der Waals surface area contributed by atoms with E-state index in [-0.39, 0.29) is 12.1 Å². The lowest BCUT2D eigenvalue weighted by atomic mass is 10.1. The van der Waals surface area contributed by atoms with Gasteiger partial charge in [0, 0.05) is 43.5 Å². The van der Waals surface area contributed by atoms with Gasteiger partial charge in [0.15, 0.2) is 0 Å². The molecule has 1 aromatic heterocycles. The van der Waals surface area contributed by atoms with Gasteiger partial charge in [-0.3, -0.25) is 0 Å². The molecule has 0 aromatic carbocycles. The number of hydrogen-bond acceptors (Lipinski definition) is 4. The number of aromatic nitrogens is 2. The third-order valence-corrected chi connectivity index (χ3v) is 5.03. The number of aryl methyl sites for hydroxylation is 1. The second-order valence-corrected chi connectivity index (χ2v) is 6.62. The minimum Gasteiger partial charge on any atom is -0.356 e. The van der Waals surface area contributed by atoms with Gasteiger partial charge in [-0.05, 0) is 39.0 Å². The van der Waals surface area contributed by atoms with Gasteiger partial charge in [0.2, 0.25) is 0 Å². The zero-order valence-electron chi connectivity index (χ0n) is 14.2. The second-order valence-electron chi connectivity index (χ2n) is 6.62. The maximum absolute atomic E-state index is 12.3. The fourth-order valence-corrected chi connectivity index (χ4v) is 3.50. The zero-order chi connectivity index (χ0) is 16.2. The van der Waals surface area contributed by atoms with Gasteiger partial charge < -0.3 is 15.1 Å². The Morgan fingerprint density at radius 3 is 2.70 bits per heavy atom. The average molecular weight is 317 g/mol. The Morgan fingerprint density at radius 1 is 1.26 bits per heavy atom. The summed E-state index contributed by atoms with van der Waals surface area (Å²) in [6.07, 6.45) is 6.77. The van der Waals surface area contributed by atoms with E-state index in [1.165, 1.54) is 0 Å². The Hall–Kier alpha value is -1.85. The normalized spacial score (nSPS) is 22.4. The number of piperidine rings is 1. The topological polar surface area (TPSA) is 61.4 Å². The molecule has 1 unspecified atom stereocenters. The van der Waals surface area contributed by atoms with Gasteiger partial charge in [-0.2, -0.15) is 0 Å². The molecule has 6 heteroatoms. The number of rotatable bonds is 3. The second kappa shape index (κ2) is 7.15. The molecule has 0 saturated carbocycles. The number of hydrogen-bond donors (Lipinski definition) is 1. The Morgan fingerprint density at radius 2 is 2.04 bits per heavy atom. The third kappa shape index (κ3) is 3.74. The lowest BCUT2D eigenvalue weighted by Gasteiger charge is -2.34. The predicted octanol–water partition coefficient (Wildman–Crippen LogP) is 2.20. The molecule has 0 spiro atoms. The average Bonchev–Trinajstić information content (AvgIpc) is 3.02. The molecule has 0 bridgehead atoms. The van der Waals surface area contributed by atoms with Crippen LogP contribution < -0.4 is 10.2 Å². The summed E-state index contributed by atoms with van der Waals surface area (Å²) in [6.45, 7) is 7.00. The van der Waals surface area contributed by atoms with Crippen molar-refractivity contribution in [3.63, 3.8) is 0 Å². The van der Waals surface area contributed by atoms with Crippen LogP contribution in [0.25, 0.3) is 0 Å². The maximum Gasteiger partial charge on any atom is 0.317 e. The summed E-state index contributed by atoms with van der Waals surface area (Å²) in [4.78, 5) is 25.3. The molecule has 0 radical (unpaired) electrons. The van der Waals surface area contributed by atoms with Gasteiger partial charge in [-0.15, -0.1) is 0 Å². The van der Waals surface area contributed by atoms with Gasteiger partial charge in [-0.1, -0.05) is 6.92 Å². The van der Waals surface area contributed by atoms with Crippen LogP contribution in [0, 0.1) is 0 Å². The van der Waals surface area contributed by atoms with E-state index in [0.717, 1.165) is 63.3 Å². The first-order chi connectivity index (χ1) is 11.2. The van der Waals surface area contributed by atoms with E-state index in [4.69, 9.17) is 0 Å². The fraction of sp³-hybridized carbons (Fsp3) is 0.706. The highest BCUT2D eigenvalue weighted by Crippen LogP contribution is 2.20. The number of anilines is 1. The van der Waals surface area contributed by atoms with E-state index >= 15 is 0 Å². The highest BCUT2D eigenvalue weighted by atomic mass is 16.2. The number of nitrogens with zero attached hydrogens (tertiary/aromatic N) is 4. The van der Waals surface area contributed by atoms with Crippen molar-refractivity contribution in [3.8, 4) is 0 Å². The van der Waals surface area contributed by atoms with E-state index in [9.17, 15) is 4.79 Å². The molecule has 2 aliphatic heterocycles. The summed E-state index contributed by atoms with van der Waals surface area (Å²) in [6, 6.07) is 2.84. The standard InChI is InChI=1S/C17H27N5O/c1-3-14-11-16(19-12-18-14)21-9-6-15(7-10-21)20-17(23)22-8-4-5-13(22)2/h11-13,15H,3-10H2,1-2H3,(H,20,23). The molecule has 3 rings (SSSR count). The Bertz CT molecular complexity index is 542. The number of urea groups is 1. The Labute approximate surface area is 138 Å². The van der Waals surface area contributed by atoms with Gasteiger partial charge in [0.1, 0.15) is 12.1 Å². The molecule has 23 heavy (non-hydrogen) atoms. The summed E-state index contributed by atoms with van der Waals surface area (Å²) in [5, 5.41) is 3.21. The number of carbonyl (C=O) groups is 1. The molecule has 1 aromatic rings. The first-order valence-electron chi connectivity index (χ1n) is 8.80. The van der Waals surface area contributed by atoms with E-state index in [2.05, 4.69) is 40.1 Å². The van der Waals surface area contributed by atoms with Crippen molar-refractivity contribution in [3.05, 3.63) is 18.1 Å². The summed E-state index contributed by atoms with van der Waals surface area (Å²) in [5.74, 6) is 1.01. The van der Waals surface area contributed by atoms with E-state index in [1.807, 2.05) is 4.90 Å². The van der Waals surface area contributed by atoms with Crippen molar-refractivity contribution in [2.45, 2.75) is 58.0 Å². The smallest absolute Gasteiger partial charge is 0.317 e. The van der Waals surface area contributed by atoms with Crippen LogP contribution in [0.2, 0.25) is 0 Å². The SMILES string of the molecule is CCc1cc(N2CCC(NC(=O)N3CCCC3C)CC2)ncn1. The van der Waals surface area contributed by atoms with Crippen LogP contribution in [0.1, 0.15) is 45.2 Å². The Kier molecular flexibility index (Phi) is 4.98. The number of likely N-dealkylation sites (tertiary alicyclic amines) is 1. The van der Waals surface area contributed by atoms with E-state index in [1.54, 1.807) is 6.33 Å². The number of carbonyl (C=O) groups excluding carboxylic acids is 1. The quantitative estimate of drug-likeness (QED) is 0.928. The highest BCUT2D eigenvalue weighted by molar-refractivity contribution is 5.75. The van der Waals surface area contributed by atoms with Crippen LogP contribution in [0.3, 0.4) is 0 Å². The van der Waals surface area contributed by atoms with Crippen molar-refractivity contribution in [2.75, 3.05) is 24.5 Å². The molecular formula is C17H27N5O. The molecule has 2 aliphatic rings. The summed E-state index contributed by atoms with van der Waals surface area (Å²) in [5.41, 5.74) is 1.08. The molecule has 1 N–H and O–H groups in total. The van der Waals surface area contributed by atoms with Crippen molar-refractivity contribution in [1.82, 2.24) is 20.2 Å². The largest absolute Gasteiger partial charge is 0.356 e. The van der Waals surface area contributed by atoms with Crippen LogP contribution in [0.4, 0.5) is 10.6 Å². The van der Waals surface area contributed by atoms with Crippen LogP contribution in [-0.4, -0.2) is 52.6 Å². The van der Waals surface area contributed by atoms with E-state index < -0.39 is 0 Å². The lowest BCUT2D eigenvalue weighted by Crippen LogP contribution is -2.50. The molecule has 2 saturated heterocycles. The van der Waals surface area contributed by atoms with Gasteiger partial charge in [0.25, 0.3) is 0 Å².